The first-order valence-corrected chi connectivity index (χ1v) is 8.50. The molecule has 2 N–H and O–H groups in total. The number of hydrogen-bond donors (Lipinski definition) is 2. The maximum absolute atomic E-state index is 13.2. The average Bonchev–Trinajstić information content (AvgIpc) is 2.71. The van der Waals surface area contributed by atoms with Gasteiger partial charge in [0.25, 0.3) is 5.91 Å². The van der Waals surface area contributed by atoms with Crippen molar-refractivity contribution in [2.45, 2.75) is 6.42 Å². The van der Waals surface area contributed by atoms with Crippen molar-refractivity contribution in [1.82, 2.24) is 9.97 Å². The maximum Gasteiger partial charge on any atom is 0.274 e. The SMILES string of the molecule is COc1ccc(CCNc2cc(C(=O)Nc3ccc(F)c(F)c3)ncn2)cc1. The van der Waals surface area contributed by atoms with Crippen molar-refractivity contribution in [2.24, 2.45) is 0 Å². The van der Waals surface area contributed by atoms with Crippen LogP contribution in [0.4, 0.5) is 20.3 Å². The van der Waals surface area contributed by atoms with Crippen LogP contribution in [0.15, 0.2) is 54.9 Å². The number of benzene rings is 2. The van der Waals surface area contributed by atoms with Crippen LogP contribution in [-0.4, -0.2) is 29.5 Å². The molecular weight excluding hydrogens is 366 g/mol. The zero-order valence-corrected chi connectivity index (χ0v) is 15.1. The van der Waals surface area contributed by atoms with Crippen LogP contribution in [0.3, 0.4) is 0 Å². The molecular formula is C20H18F2N4O2. The van der Waals surface area contributed by atoms with Crippen LogP contribution in [0.5, 0.6) is 5.75 Å². The largest absolute Gasteiger partial charge is 0.497 e. The number of aromatic nitrogens is 2. The van der Waals surface area contributed by atoms with Crippen LogP contribution in [0, 0.1) is 11.6 Å². The van der Waals surface area contributed by atoms with E-state index in [0.717, 1.165) is 29.9 Å². The van der Waals surface area contributed by atoms with Gasteiger partial charge >= 0.3 is 0 Å². The standard InChI is InChI=1S/C20H18F2N4O2/c1-28-15-5-2-13(3-6-15)8-9-23-19-11-18(24-12-25-19)20(27)26-14-4-7-16(21)17(22)10-14/h2-7,10-12H,8-9H2,1H3,(H,26,27)(H,23,24,25). The fraction of sp³-hybridized carbons (Fsp3) is 0.150. The van der Waals surface area contributed by atoms with Gasteiger partial charge in [0.05, 0.1) is 7.11 Å². The molecule has 0 unspecified atom stereocenters. The summed E-state index contributed by atoms with van der Waals surface area (Å²) in [5.74, 6) is -1.29. The monoisotopic (exact) mass is 384 g/mol. The fourth-order valence-corrected chi connectivity index (χ4v) is 2.47. The van der Waals surface area contributed by atoms with E-state index in [1.54, 1.807) is 7.11 Å². The molecule has 1 amide bonds. The summed E-state index contributed by atoms with van der Waals surface area (Å²) in [6.45, 7) is 0.605. The first-order valence-electron chi connectivity index (χ1n) is 8.50. The number of carbonyl (C=O) groups excluding carboxylic acids is 1. The van der Waals surface area contributed by atoms with Gasteiger partial charge in [0.15, 0.2) is 11.6 Å². The van der Waals surface area contributed by atoms with Gasteiger partial charge in [0.1, 0.15) is 23.6 Å². The number of methoxy groups -OCH3 is 1. The highest BCUT2D eigenvalue weighted by Gasteiger charge is 2.11. The number of carbonyl (C=O) groups is 1. The molecule has 0 spiro atoms. The Morgan fingerprint density at radius 1 is 1.04 bits per heavy atom. The van der Waals surface area contributed by atoms with Crippen LogP contribution in [0.25, 0.3) is 0 Å². The lowest BCUT2D eigenvalue weighted by atomic mass is 10.1. The lowest BCUT2D eigenvalue weighted by Crippen LogP contribution is -2.15. The molecule has 3 aromatic rings. The highest BCUT2D eigenvalue weighted by Crippen LogP contribution is 2.15. The first-order chi connectivity index (χ1) is 13.5. The van der Waals surface area contributed by atoms with Crippen LogP contribution in [-0.2, 0) is 6.42 Å². The quantitative estimate of drug-likeness (QED) is 0.650. The molecule has 144 valence electrons. The summed E-state index contributed by atoms with van der Waals surface area (Å²) in [5, 5.41) is 5.60. The summed E-state index contributed by atoms with van der Waals surface area (Å²) in [7, 11) is 1.62. The molecule has 1 aromatic heterocycles. The Balaban J connectivity index is 1.58. The van der Waals surface area contributed by atoms with E-state index in [0.29, 0.717) is 12.4 Å². The van der Waals surface area contributed by atoms with E-state index in [1.165, 1.54) is 18.5 Å². The van der Waals surface area contributed by atoms with Gasteiger partial charge in [-0.3, -0.25) is 4.79 Å². The predicted octanol–water partition coefficient (Wildman–Crippen LogP) is 3.67. The topological polar surface area (TPSA) is 76.1 Å². The molecule has 0 bridgehead atoms. The van der Waals surface area contributed by atoms with E-state index < -0.39 is 17.5 Å². The highest BCUT2D eigenvalue weighted by molar-refractivity contribution is 6.03. The molecule has 28 heavy (non-hydrogen) atoms. The number of nitrogens with one attached hydrogen (secondary N) is 2. The minimum Gasteiger partial charge on any atom is -0.497 e. The van der Waals surface area contributed by atoms with Gasteiger partial charge in [-0.25, -0.2) is 18.7 Å². The van der Waals surface area contributed by atoms with E-state index in [1.807, 2.05) is 24.3 Å². The number of hydrogen-bond acceptors (Lipinski definition) is 5. The Kier molecular flexibility index (Phi) is 6.11. The molecule has 0 atom stereocenters. The molecule has 0 saturated carbocycles. The van der Waals surface area contributed by atoms with Gasteiger partial charge in [-0.2, -0.15) is 0 Å². The van der Waals surface area contributed by atoms with Crippen molar-refractivity contribution in [3.8, 4) is 5.75 Å². The molecule has 8 heteroatoms. The third kappa shape index (κ3) is 5.00. The summed E-state index contributed by atoms with van der Waals surface area (Å²) < 4.78 is 31.3. The normalized spacial score (nSPS) is 10.4. The highest BCUT2D eigenvalue weighted by atomic mass is 19.2. The summed E-state index contributed by atoms with van der Waals surface area (Å²) in [6, 6.07) is 12.3. The Morgan fingerprint density at radius 2 is 1.82 bits per heavy atom. The molecule has 0 aliphatic heterocycles. The second kappa shape index (κ2) is 8.90. The van der Waals surface area contributed by atoms with Gasteiger partial charge in [0, 0.05) is 24.4 Å². The number of nitrogens with zero attached hydrogens (tertiary/aromatic N) is 2. The lowest BCUT2D eigenvalue weighted by Gasteiger charge is -2.08. The average molecular weight is 384 g/mol. The predicted molar refractivity (Wildman–Crippen MR) is 102 cm³/mol. The van der Waals surface area contributed by atoms with Gasteiger partial charge in [-0.1, -0.05) is 12.1 Å². The van der Waals surface area contributed by atoms with Crippen LogP contribution in [0.2, 0.25) is 0 Å². The van der Waals surface area contributed by atoms with Crippen molar-refractivity contribution >= 4 is 17.4 Å². The lowest BCUT2D eigenvalue weighted by molar-refractivity contribution is 0.102. The summed E-state index contributed by atoms with van der Waals surface area (Å²) in [4.78, 5) is 20.3. The molecule has 3 rings (SSSR count). The van der Waals surface area contributed by atoms with Crippen molar-refractivity contribution < 1.29 is 18.3 Å². The number of rotatable bonds is 7. The van der Waals surface area contributed by atoms with Crippen LogP contribution < -0.4 is 15.4 Å². The third-order valence-corrected chi connectivity index (χ3v) is 3.96. The second-order valence-corrected chi connectivity index (χ2v) is 5.90. The molecule has 0 aliphatic rings. The summed E-state index contributed by atoms with van der Waals surface area (Å²) in [5.41, 5.74) is 1.36. The van der Waals surface area contributed by atoms with E-state index in [2.05, 4.69) is 20.6 Å². The number of halogens is 2. The summed E-state index contributed by atoms with van der Waals surface area (Å²) >= 11 is 0. The van der Waals surface area contributed by atoms with Crippen LogP contribution in [0.1, 0.15) is 16.1 Å². The van der Waals surface area contributed by atoms with Gasteiger partial charge in [-0.15, -0.1) is 0 Å². The van der Waals surface area contributed by atoms with Crippen molar-refractivity contribution in [3.05, 3.63) is 77.8 Å². The zero-order chi connectivity index (χ0) is 19.9. The molecule has 0 fully saturated rings. The molecule has 0 saturated heterocycles. The van der Waals surface area contributed by atoms with Crippen LogP contribution >= 0.6 is 0 Å². The van der Waals surface area contributed by atoms with E-state index in [9.17, 15) is 13.6 Å². The Hall–Kier alpha value is -3.55. The third-order valence-electron chi connectivity index (χ3n) is 3.96. The summed E-state index contributed by atoms with van der Waals surface area (Å²) in [6.07, 6.45) is 2.01. The van der Waals surface area contributed by atoms with Gasteiger partial charge in [0.2, 0.25) is 0 Å². The molecule has 0 aliphatic carbocycles. The maximum atomic E-state index is 13.2. The molecule has 0 radical (unpaired) electrons. The van der Waals surface area contributed by atoms with E-state index >= 15 is 0 Å². The van der Waals surface area contributed by atoms with Crippen molar-refractivity contribution in [1.29, 1.82) is 0 Å². The fourth-order valence-electron chi connectivity index (χ4n) is 2.47. The van der Waals surface area contributed by atoms with E-state index in [-0.39, 0.29) is 11.4 Å². The smallest absolute Gasteiger partial charge is 0.274 e. The number of ether oxygens (including phenoxy) is 1. The van der Waals surface area contributed by atoms with E-state index in [4.69, 9.17) is 4.74 Å². The zero-order valence-electron chi connectivity index (χ0n) is 15.1. The molecule has 2 aromatic carbocycles. The minimum atomic E-state index is -1.04. The Bertz CT molecular complexity index is 965. The molecule has 6 nitrogen and oxygen atoms in total. The Morgan fingerprint density at radius 3 is 2.54 bits per heavy atom. The van der Waals surface area contributed by atoms with Gasteiger partial charge in [-0.05, 0) is 36.2 Å². The van der Waals surface area contributed by atoms with Crippen molar-refractivity contribution in [2.75, 3.05) is 24.3 Å². The second-order valence-electron chi connectivity index (χ2n) is 5.90. The minimum absolute atomic E-state index is 0.103. The number of amides is 1. The van der Waals surface area contributed by atoms with Gasteiger partial charge < -0.3 is 15.4 Å². The van der Waals surface area contributed by atoms with Crippen molar-refractivity contribution in [3.63, 3.8) is 0 Å². The first kappa shape index (κ1) is 19.2. The molecule has 1 heterocycles. The Labute approximate surface area is 160 Å². The number of anilines is 2.